The number of nitrogens with two attached hydrogens (primary N) is 1. The lowest BCUT2D eigenvalue weighted by Gasteiger charge is -1.69. The Morgan fingerprint density at radius 1 is 1.62 bits per heavy atom. The van der Waals surface area contributed by atoms with Gasteiger partial charge in [-0.05, 0) is 11.6 Å². The van der Waals surface area contributed by atoms with Gasteiger partial charge in [0.25, 0.3) is 0 Å². The molecule has 40 valence electrons. The molecule has 0 aliphatic heterocycles. The monoisotopic (exact) mass is 106 g/mol. The van der Waals surface area contributed by atoms with Crippen LogP contribution in [0.5, 0.6) is 0 Å². The van der Waals surface area contributed by atoms with Gasteiger partial charge in [0.2, 0.25) is 0 Å². The lowest BCUT2D eigenvalue weighted by atomic mass is 10.5. The second-order valence-corrected chi connectivity index (χ2v) is 1.96. The van der Waals surface area contributed by atoms with Crippen molar-refractivity contribution in [1.82, 2.24) is 4.98 Å². The second kappa shape index (κ2) is 1.09. The molecule has 1 atom stereocenters. The second-order valence-electron chi connectivity index (χ2n) is 1.96. The third kappa shape index (κ3) is 0.333. The summed E-state index contributed by atoms with van der Waals surface area (Å²) in [7, 11) is 0. The molecular weight excluding hydrogens is 100 g/mol. The van der Waals surface area contributed by atoms with E-state index in [1.807, 2.05) is 12.1 Å². The molecule has 0 spiro atoms. The quantitative estimate of drug-likeness (QED) is 0.521. The minimum atomic E-state index is 0.157. The summed E-state index contributed by atoms with van der Waals surface area (Å²) in [6.07, 6.45) is 1.77. The van der Waals surface area contributed by atoms with Gasteiger partial charge in [0.05, 0.1) is 11.7 Å². The molecule has 2 heteroatoms. The molecule has 1 unspecified atom stereocenters. The predicted molar refractivity (Wildman–Crippen MR) is 30.3 cm³/mol. The molecule has 0 bridgehead atoms. The molecule has 1 aromatic rings. The summed E-state index contributed by atoms with van der Waals surface area (Å²) < 4.78 is 0. The number of fused-ring (bicyclic) bond motifs is 1. The molecule has 0 amide bonds. The van der Waals surface area contributed by atoms with Crippen LogP contribution in [-0.2, 0) is 0 Å². The van der Waals surface area contributed by atoms with Crippen LogP contribution in [-0.4, -0.2) is 4.98 Å². The van der Waals surface area contributed by atoms with Crippen molar-refractivity contribution in [3.63, 3.8) is 0 Å². The third-order valence-electron chi connectivity index (χ3n) is 1.42. The van der Waals surface area contributed by atoms with Gasteiger partial charge in [-0.1, -0.05) is 6.07 Å². The van der Waals surface area contributed by atoms with Crippen molar-refractivity contribution >= 4 is 0 Å². The highest BCUT2D eigenvalue weighted by molar-refractivity contribution is 5.45. The fraction of sp³-hybridized carbons (Fsp3) is 0.167. The molecule has 2 N–H and O–H groups in total. The average molecular weight is 106 g/mol. The van der Waals surface area contributed by atoms with Gasteiger partial charge >= 0.3 is 0 Å². The van der Waals surface area contributed by atoms with Gasteiger partial charge in [0.15, 0.2) is 0 Å². The first kappa shape index (κ1) is 4.04. The van der Waals surface area contributed by atoms with E-state index in [1.54, 1.807) is 6.20 Å². The number of hydrogen-bond acceptors (Lipinski definition) is 2. The maximum absolute atomic E-state index is 5.53. The summed E-state index contributed by atoms with van der Waals surface area (Å²) in [5, 5.41) is 0. The molecule has 1 aliphatic carbocycles. The number of hydrogen-bond donors (Lipinski definition) is 1. The number of aromatic nitrogens is 1. The third-order valence-corrected chi connectivity index (χ3v) is 1.42. The van der Waals surface area contributed by atoms with Gasteiger partial charge in [0.1, 0.15) is 0 Å². The van der Waals surface area contributed by atoms with Crippen LogP contribution in [0, 0.1) is 0 Å². The van der Waals surface area contributed by atoms with Crippen LogP contribution in [0.3, 0.4) is 0 Å². The average Bonchev–Trinajstić information content (AvgIpc) is 2.46. The molecule has 2 nitrogen and oxygen atoms in total. The number of nitrogens with zero attached hydrogens (tertiary/aromatic N) is 1. The van der Waals surface area contributed by atoms with Crippen LogP contribution in [0.2, 0.25) is 0 Å². The molecule has 1 aromatic heterocycles. The van der Waals surface area contributed by atoms with Crippen LogP contribution in [0.25, 0.3) is 0 Å². The van der Waals surface area contributed by atoms with Crippen molar-refractivity contribution in [3.8, 4) is 0 Å². The van der Waals surface area contributed by atoms with Crippen LogP contribution < -0.4 is 5.73 Å². The van der Waals surface area contributed by atoms with Gasteiger partial charge < -0.3 is 5.73 Å². The van der Waals surface area contributed by atoms with E-state index in [1.165, 1.54) is 5.56 Å². The summed E-state index contributed by atoms with van der Waals surface area (Å²) in [6, 6.07) is 4.07. The highest BCUT2D eigenvalue weighted by atomic mass is 14.8. The van der Waals surface area contributed by atoms with Crippen LogP contribution in [0.1, 0.15) is 17.3 Å². The van der Waals surface area contributed by atoms with E-state index < -0.39 is 0 Å². The largest absolute Gasteiger partial charge is 0.319 e. The van der Waals surface area contributed by atoms with Crippen molar-refractivity contribution in [2.75, 3.05) is 0 Å². The molecule has 0 fully saturated rings. The fourth-order valence-corrected chi connectivity index (χ4v) is 0.859. The topological polar surface area (TPSA) is 38.9 Å². The zero-order valence-corrected chi connectivity index (χ0v) is 4.33. The Morgan fingerprint density at radius 3 is 3.00 bits per heavy atom. The van der Waals surface area contributed by atoms with Crippen molar-refractivity contribution in [2.45, 2.75) is 6.04 Å². The van der Waals surface area contributed by atoms with E-state index in [4.69, 9.17) is 5.73 Å². The maximum Gasteiger partial charge on any atom is 0.0748 e. The van der Waals surface area contributed by atoms with E-state index in [9.17, 15) is 0 Å². The number of pyridine rings is 1. The minimum absolute atomic E-state index is 0.157. The van der Waals surface area contributed by atoms with E-state index in [0.29, 0.717) is 0 Å². The molecule has 2 rings (SSSR count). The maximum atomic E-state index is 5.53. The van der Waals surface area contributed by atoms with Crippen LogP contribution >= 0.6 is 0 Å². The highest BCUT2D eigenvalue weighted by Crippen LogP contribution is 2.34. The van der Waals surface area contributed by atoms with Gasteiger partial charge in [-0.3, -0.25) is 4.98 Å². The standard InChI is InChI=1S/C6H6N2/c7-5-4-2-1-3-8-6(4)5/h1-3,5H,7H2. The van der Waals surface area contributed by atoms with Crippen LogP contribution in [0.4, 0.5) is 0 Å². The fourth-order valence-electron chi connectivity index (χ4n) is 0.859. The van der Waals surface area contributed by atoms with Crippen molar-refractivity contribution in [2.24, 2.45) is 5.73 Å². The highest BCUT2D eigenvalue weighted by Gasteiger charge is 2.29. The zero-order valence-electron chi connectivity index (χ0n) is 4.33. The molecule has 1 aliphatic rings. The van der Waals surface area contributed by atoms with Gasteiger partial charge in [-0.25, -0.2) is 0 Å². The zero-order chi connectivity index (χ0) is 5.56. The summed E-state index contributed by atoms with van der Waals surface area (Å²) in [4.78, 5) is 4.03. The SMILES string of the molecule is NC1c2cccnc21. The summed E-state index contributed by atoms with van der Waals surface area (Å²) >= 11 is 0. The van der Waals surface area contributed by atoms with Crippen LogP contribution in [0.15, 0.2) is 18.3 Å². The lowest BCUT2D eigenvalue weighted by Crippen LogP contribution is -1.88. The first-order valence-electron chi connectivity index (χ1n) is 2.60. The molecule has 0 saturated carbocycles. The Balaban J connectivity index is 2.58. The van der Waals surface area contributed by atoms with Crippen molar-refractivity contribution < 1.29 is 0 Å². The van der Waals surface area contributed by atoms with E-state index in [0.717, 1.165) is 5.69 Å². The predicted octanol–water partition coefficient (Wildman–Crippen LogP) is 0.443. The molecule has 8 heavy (non-hydrogen) atoms. The molecular formula is C6H6N2. The Morgan fingerprint density at radius 2 is 2.50 bits per heavy atom. The number of rotatable bonds is 0. The van der Waals surface area contributed by atoms with Gasteiger partial charge in [-0.2, -0.15) is 0 Å². The molecule has 0 saturated heterocycles. The summed E-state index contributed by atoms with van der Waals surface area (Å²) in [5.41, 5.74) is 7.80. The van der Waals surface area contributed by atoms with Crippen molar-refractivity contribution in [1.29, 1.82) is 0 Å². The van der Waals surface area contributed by atoms with Crippen molar-refractivity contribution in [3.05, 3.63) is 29.6 Å². The van der Waals surface area contributed by atoms with E-state index in [-0.39, 0.29) is 6.04 Å². The van der Waals surface area contributed by atoms with E-state index >= 15 is 0 Å². The minimum Gasteiger partial charge on any atom is -0.319 e. The Labute approximate surface area is 47.4 Å². The van der Waals surface area contributed by atoms with Gasteiger partial charge in [0, 0.05) is 6.20 Å². The lowest BCUT2D eigenvalue weighted by molar-refractivity contribution is 1.03. The molecule has 0 aromatic carbocycles. The van der Waals surface area contributed by atoms with Gasteiger partial charge in [-0.15, -0.1) is 0 Å². The first-order valence-corrected chi connectivity index (χ1v) is 2.60. The molecule has 0 radical (unpaired) electrons. The summed E-state index contributed by atoms with van der Waals surface area (Å²) in [5.74, 6) is 0. The smallest absolute Gasteiger partial charge is 0.0748 e. The Kier molecular flexibility index (Phi) is 0.549. The summed E-state index contributed by atoms with van der Waals surface area (Å²) in [6.45, 7) is 0. The normalized spacial score (nSPS) is 22.4. The first-order chi connectivity index (χ1) is 3.89. The Bertz CT molecular complexity index is 197. The Hall–Kier alpha value is -0.890. The van der Waals surface area contributed by atoms with E-state index in [2.05, 4.69) is 4.98 Å². The molecule has 1 heterocycles.